The van der Waals surface area contributed by atoms with E-state index in [-0.39, 0.29) is 56.5 Å². The summed E-state index contributed by atoms with van der Waals surface area (Å²) >= 11 is 0. The number of nitrogens with one attached hydrogen (secondary N) is 2. The number of alkyl halides is 7. The summed E-state index contributed by atoms with van der Waals surface area (Å²) in [5.74, 6) is -3.43. The van der Waals surface area contributed by atoms with Gasteiger partial charge in [0, 0.05) is 48.8 Å². The second-order valence-corrected chi connectivity index (χ2v) is 16.0. The Labute approximate surface area is 259 Å². The van der Waals surface area contributed by atoms with Crippen LogP contribution in [0.3, 0.4) is 0 Å². The zero-order valence-electron chi connectivity index (χ0n) is 24.1. The predicted octanol–water partition coefficient (Wildman–Crippen LogP) is 4.78. The normalized spacial score (nSPS) is 25.0. The van der Waals surface area contributed by atoms with Crippen LogP contribution in [0.2, 0.25) is 0 Å². The third-order valence-corrected chi connectivity index (χ3v) is 13.2. The summed E-state index contributed by atoms with van der Waals surface area (Å²) in [6, 6.07) is 4.48. The molecule has 0 unspecified atom stereocenters. The molecular weight excluding hydrogens is 674 g/mol. The number of fused-ring (bicyclic) bond motifs is 3. The summed E-state index contributed by atoms with van der Waals surface area (Å²) in [4.78, 5) is 13.2. The van der Waals surface area contributed by atoms with Gasteiger partial charge in [0.05, 0.1) is 11.2 Å². The highest BCUT2D eigenvalue weighted by Crippen LogP contribution is 2.60. The molecule has 2 heterocycles. The Kier molecular flexibility index (Phi) is 8.45. The van der Waals surface area contributed by atoms with Crippen LogP contribution in [0.5, 0.6) is 0 Å². The van der Waals surface area contributed by atoms with Gasteiger partial charge >= 0.3 is 18.0 Å². The van der Waals surface area contributed by atoms with Crippen molar-refractivity contribution in [3.05, 3.63) is 59.4 Å². The molecule has 5 rings (SSSR count). The van der Waals surface area contributed by atoms with Crippen LogP contribution in [0.25, 0.3) is 0 Å². The molecular formula is C28H29F8N3O5S2. The fourth-order valence-corrected chi connectivity index (χ4v) is 10.3. The number of rotatable bonds is 6. The Hall–Kier alpha value is -2.99. The number of anilines is 1. The molecule has 2 fully saturated rings. The van der Waals surface area contributed by atoms with Crippen LogP contribution in [-0.4, -0.2) is 71.3 Å². The number of piperidine rings is 1. The smallest absolute Gasteiger partial charge is 0.384 e. The van der Waals surface area contributed by atoms with Gasteiger partial charge in [-0.15, -0.1) is 0 Å². The summed E-state index contributed by atoms with van der Waals surface area (Å²) in [5, 5.41) is 5.47. The van der Waals surface area contributed by atoms with Crippen LogP contribution in [-0.2, 0) is 35.1 Å². The highest BCUT2D eigenvalue weighted by atomic mass is 32.2. The van der Waals surface area contributed by atoms with Crippen molar-refractivity contribution < 1.29 is 56.8 Å². The molecule has 1 saturated heterocycles. The standard InChI is InChI=1S/C28H29F8N3O5S2/c1-45(41,42)39-12-9-18(10-13-39)38-24(40)20-8-11-25(46(43,44)19-5-3-17(29)4-6-19)21-7-2-16(14-23(21)37-15-22(20)25)26(30,27(31,32)33)28(34,35)36/h2-7,14,18,20,22,37H,8-13,15H2,1H3,(H,38,40)/t20-,22+,25-/m1/s1. The molecule has 18 heteroatoms. The monoisotopic (exact) mass is 703 g/mol. The first-order chi connectivity index (χ1) is 21.1. The maximum absolute atomic E-state index is 15.0. The van der Waals surface area contributed by atoms with Crippen LogP contribution in [0, 0.1) is 17.7 Å². The van der Waals surface area contributed by atoms with E-state index >= 15 is 0 Å². The molecule has 254 valence electrons. The molecule has 1 amide bonds. The van der Waals surface area contributed by atoms with Crippen LogP contribution in [0.15, 0.2) is 47.4 Å². The van der Waals surface area contributed by atoms with Crippen LogP contribution < -0.4 is 10.6 Å². The molecule has 0 aromatic heterocycles. The fraction of sp³-hybridized carbons (Fsp3) is 0.536. The molecule has 3 atom stereocenters. The molecule has 2 aliphatic heterocycles. The van der Waals surface area contributed by atoms with E-state index in [1.807, 2.05) is 0 Å². The molecule has 1 saturated carbocycles. The number of sulfone groups is 1. The second-order valence-electron chi connectivity index (χ2n) is 11.8. The van der Waals surface area contributed by atoms with Crippen molar-refractivity contribution in [2.24, 2.45) is 11.8 Å². The summed E-state index contributed by atoms with van der Waals surface area (Å²) in [6.07, 6.45) is -11.5. The second kappa shape index (κ2) is 11.3. The number of halogens is 8. The molecule has 2 aromatic rings. The quantitative estimate of drug-likeness (QED) is 0.331. The Bertz CT molecular complexity index is 1710. The zero-order valence-corrected chi connectivity index (χ0v) is 25.7. The van der Waals surface area contributed by atoms with Gasteiger partial charge in [0.1, 0.15) is 10.6 Å². The van der Waals surface area contributed by atoms with Crippen molar-refractivity contribution in [3.63, 3.8) is 0 Å². The maximum Gasteiger partial charge on any atom is 0.435 e. The van der Waals surface area contributed by atoms with E-state index in [1.54, 1.807) is 0 Å². The third-order valence-electron chi connectivity index (χ3n) is 9.29. The SMILES string of the molecule is CS(=O)(=O)N1CCC(NC(=O)[C@@H]2CC[C@@]3(S(=O)(=O)c4ccc(F)cc4)c4ccc(C(F)(C(F)(F)F)C(F)(F)F)cc4NC[C@@H]23)CC1. The van der Waals surface area contributed by atoms with Gasteiger partial charge < -0.3 is 10.6 Å². The lowest BCUT2D eigenvalue weighted by Gasteiger charge is -2.43. The summed E-state index contributed by atoms with van der Waals surface area (Å²) in [6.45, 7) is -0.104. The van der Waals surface area contributed by atoms with Gasteiger partial charge in [-0.1, -0.05) is 12.1 Å². The van der Waals surface area contributed by atoms with E-state index in [0.717, 1.165) is 30.5 Å². The molecule has 2 N–H and O–H groups in total. The lowest BCUT2D eigenvalue weighted by molar-refractivity contribution is -0.348. The molecule has 1 aliphatic carbocycles. The van der Waals surface area contributed by atoms with Gasteiger partial charge in [0.2, 0.25) is 15.9 Å². The lowest BCUT2D eigenvalue weighted by Crippen LogP contribution is -2.52. The highest BCUT2D eigenvalue weighted by molar-refractivity contribution is 7.92. The van der Waals surface area contributed by atoms with Crippen molar-refractivity contribution >= 4 is 31.5 Å². The van der Waals surface area contributed by atoms with Gasteiger partial charge in [0.15, 0.2) is 9.84 Å². The van der Waals surface area contributed by atoms with Gasteiger partial charge in [-0.25, -0.2) is 29.9 Å². The minimum atomic E-state index is -6.40. The number of nitrogens with zero attached hydrogens (tertiary/aromatic N) is 1. The summed E-state index contributed by atoms with van der Waals surface area (Å²) < 4.78 is 162. The topological polar surface area (TPSA) is 113 Å². The van der Waals surface area contributed by atoms with E-state index in [2.05, 4.69) is 10.6 Å². The Balaban J connectivity index is 1.56. The first kappa shape index (κ1) is 34.3. The number of hydrogen-bond donors (Lipinski definition) is 2. The minimum absolute atomic E-state index is 0.0554. The Morgan fingerprint density at radius 2 is 1.50 bits per heavy atom. The summed E-state index contributed by atoms with van der Waals surface area (Å²) in [5.41, 5.74) is -8.30. The average Bonchev–Trinajstić information content (AvgIpc) is 3.37. The largest absolute Gasteiger partial charge is 0.435 e. The molecule has 0 spiro atoms. The average molecular weight is 704 g/mol. The van der Waals surface area contributed by atoms with E-state index in [9.17, 15) is 56.8 Å². The fourth-order valence-electron chi connectivity index (χ4n) is 6.96. The molecule has 0 bridgehead atoms. The minimum Gasteiger partial charge on any atom is -0.384 e. The van der Waals surface area contributed by atoms with E-state index in [1.165, 1.54) is 4.31 Å². The summed E-state index contributed by atoms with van der Waals surface area (Å²) in [7, 11) is -8.06. The van der Waals surface area contributed by atoms with Crippen molar-refractivity contribution in [2.45, 2.75) is 59.4 Å². The first-order valence-corrected chi connectivity index (χ1v) is 17.4. The molecule has 3 aliphatic rings. The van der Waals surface area contributed by atoms with Crippen LogP contribution >= 0.6 is 0 Å². The number of carbonyl (C=O) groups is 1. The number of amides is 1. The number of carbonyl (C=O) groups excluding carboxylic acids is 1. The van der Waals surface area contributed by atoms with Crippen LogP contribution in [0.4, 0.5) is 40.8 Å². The Morgan fingerprint density at radius 1 is 0.913 bits per heavy atom. The first-order valence-electron chi connectivity index (χ1n) is 14.1. The van der Waals surface area contributed by atoms with Crippen molar-refractivity contribution in [2.75, 3.05) is 31.2 Å². The molecule has 2 aromatic carbocycles. The van der Waals surface area contributed by atoms with Gasteiger partial charge in [-0.3, -0.25) is 4.79 Å². The van der Waals surface area contributed by atoms with E-state index in [4.69, 9.17) is 0 Å². The van der Waals surface area contributed by atoms with Gasteiger partial charge in [-0.05, 0) is 61.6 Å². The van der Waals surface area contributed by atoms with Gasteiger partial charge in [-0.2, -0.15) is 26.3 Å². The zero-order chi connectivity index (χ0) is 34.1. The number of benzene rings is 2. The van der Waals surface area contributed by atoms with E-state index < -0.39 is 94.9 Å². The van der Waals surface area contributed by atoms with Crippen molar-refractivity contribution in [1.82, 2.24) is 9.62 Å². The molecule has 0 radical (unpaired) electrons. The van der Waals surface area contributed by atoms with Gasteiger partial charge in [0.25, 0.3) is 0 Å². The van der Waals surface area contributed by atoms with Crippen molar-refractivity contribution in [1.29, 1.82) is 0 Å². The maximum atomic E-state index is 15.0. The van der Waals surface area contributed by atoms with E-state index in [0.29, 0.717) is 6.07 Å². The Morgan fingerprint density at radius 3 is 2.04 bits per heavy atom. The van der Waals surface area contributed by atoms with Crippen molar-refractivity contribution in [3.8, 4) is 0 Å². The highest BCUT2D eigenvalue weighted by Gasteiger charge is 2.74. The lowest BCUT2D eigenvalue weighted by atomic mass is 9.78. The number of hydrogen-bond acceptors (Lipinski definition) is 6. The third kappa shape index (κ3) is 5.42. The predicted molar refractivity (Wildman–Crippen MR) is 149 cm³/mol. The molecule has 8 nitrogen and oxygen atoms in total. The van der Waals surface area contributed by atoms with Crippen LogP contribution in [0.1, 0.15) is 36.8 Å². The molecule has 46 heavy (non-hydrogen) atoms. The number of sulfonamides is 1.